The lowest BCUT2D eigenvalue weighted by Gasteiger charge is -2.36. The predicted octanol–water partition coefficient (Wildman–Crippen LogP) is 2.20. The molecule has 1 aliphatic heterocycles. The van der Waals surface area contributed by atoms with Crippen molar-refractivity contribution in [3.05, 3.63) is 16.5 Å². The van der Waals surface area contributed by atoms with E-state index in [0.717, 1.165) is 11.3 Å². The van der Waals surface area contributed by atoms with Crippen LogP contribution in [0.3, 0.4) is 0 Å². The second kappa shape index (κ2) is 4.85. The summed E-state index contributed by atoms with van der Waals surface area (Å²) >= 11 is 6.87. The average Bonchev–Trinajstić information content (AvgIpc) is 2.69. The van der Waals surface area contributed by atoms with Crippen LogP contribution in [0.25, 0.3) is 0 Å². The fraction of sp³-hybridized carbons (Fsp3) is 0.600. The van der Waals surface area contributed by atoms with Gasteiger partial charge in [0, 0.05) is 12.6 Å². The highest BCUT2D eigenvalue weighted by molar-refractivity contribution is 7.91. The molecule has 0 saturated carbocycles. The van der Waals surface area contributed by atoms with E-state index in [1.54, 1.807) is 12.1 Å². The maximum Gasteiger partial charge on any atom is 0.253 e. The van der Waals surface area contributed by atoms with Crippen molar-refractivity contribution in [2.45, 2.75) is 30.2 Å². The Kier molecular flexibility index (Phi) is 3.80. The molecule has 2 rings (SSSR count). The Morgan fingerprint density at radius 3 is 2.76 bits per heavy atom. The topological polar surface area (TPSA) is 46.6 Å². The highest BCUT2D eigenvalue weighted by Crippen LogP contribution is 2.30. The smallest absolute Gasteiger partial charge is 0.253 e. The fourth-order valence-electron chi connectivity index (χ4n) is 1.80. The van der Waals surface area contributed by atoms with E-state index in [9.17, 15) is 8.42 Å². The van der Waals surface area contributed by atoms with Crippen LogP contribution in [0.1, 0.15) is 13.8 Å². The Bertz CT molecular complexity index is 499. The van der Waals surface area contributed by atoms with E-state index in [-0.39, 0.29) is 12.1 Å². The SMILES string of the molecule is CC1OCCN(S(=O)(=O)c2ccc(Cl)s2)C1C. The molecule has 0 N–H and O–H groups in total. The van der Waals surface area contributed by atoms with Crippen LogP contribution in [0.2, 0.25) is 4.34 Å². The lowest BCUT2D eigenvalue weighted by atomic mass is 10.2. The van der Waals surface area contributed by atoms with Gasteiger partial charge < -0.3 is 4.74 Å². The second-order valence-electron chi connectivity index (χ2n) is 3.99. The number of thiophene rings is 1. The minimum atomic E-state index is -3.44. The van der Waals surface area contributed by atoms with Crippen molar-refractivity contribution in [3.8, 4) is 0 Å². The van der Waals surface area contributed by atoms with Crippen molar-refractivity contribution in [2.24, 2.45) is 0 Å². The molecule has 2 heterocycles. The van der Waals surface area contributed by atoms with Crippen molar-refractivity contribution in [1.29, 1.82) is 0 Å². The van der Waals surface area contributed by atoms with Gasteiger partial charge in [0.25, 0.3) is 10.0 Å². The minimum Gasteiger partial charge on any atom is -0.375 e. The molecule has 1 fully saturated rings. The van der Waals surface area contributed by atoms with Gasteiger partial charge in [0.05, 0.1) is 17.0 Å². The molecule has 1 aromatic heterocycles. The molecule has 0 radical (unpaired) electrons. The molecule has 1 saturated heterocycles. The predicted molar refractivity (Wildman–Crippen MR) is 68.1 cm³/mol. The van der Waals surface area contributed by atoms with E-state index in [1.807, 2.05) is 13.8 Å². The molecule has 2 atom stereocenters. The molecular formula is C10H14ClNO3S2. The Balaban J connectivity index is 2.32. The molecule has 0 aromatic carbocycles. The van der Waals surface area contributed by atoms with Crippen molar-refractivity contribution >= 4 is 33.0 Å². The fourth-order valence-corrected chi connectivity index (χ4v) is 5.08. The second-order valence-corrected chi connectivity index (χ2v) is 7.82. The summed E-state index contributed by atoms with van der Waals surface area (Å²) in [6.07, 6.45) is -0.0889. The highest BCUT2D eigenvalue weighted by Gasteiger charge is 2.35. The first-order valence-electron chi connectivity index (χ1n) is 5.31. The molecule has 2 unspecified atom stereocenters. The standard InChI is InChI=1S/C10H14ClNO3S2/c1-7-8(2)15-6-5-12(7)17(13,14)10-4-3-9(11)16-10/h3-4,7-8H,5-6H2,1-2H3. The first kappa shape index (κ1) is 13.3. The van der Waals surface area contributed by atoms with Gasteiger partial charge in [-0.3, -0.25) is 0 Å². The maximum atomic E-state index is 12.4. The Morgan fingerprint density at radius 2 is 2.18 bits per heavy atom. The van der Waals surface area contributed by atoms with Crippen molar-refractivity contribution in [1.82, 2.24) is 4.31 Å². The summed E-state index contributed by atoms with van der Waals surface area (Å²) in [5.74, 6) is 0. The summed E-state index contributed by atoms with van der Waals surface area (Å²) in [5.41, 5.74) is 0. The third-order valence-electron chi connectivity index (χ3n) is 2.94. The molecule has 1 aromatic rings. The first-order chi connectivity index (χ1) is 7.93. The zero-order chi connectivity index (χ0) is 12.6. The molecule has 4 nitrogen and oxygen atoms in total. The maximum absolute atomic E-state index is 12.4. The van der Waals surface area contributed by atoms with Gasteiger partial charge >= 0.3 is 0 Å². The van der Waals surface area contributed by atoms with Gasteiger partial charge in [-0.25, -0.2) is 8.42 Å². The van der Waals surface area contributed by atoms with E-state index in [1.165, 1.54) is 4.31 Å². The van der Waals surface area contributed by atoms with E-state index < -0.39 is 10.0 Å². The quantitative estimate of drug-likeness (QED) is 0.840. The van der Waals surface area contributed by atoms with Crippen LogP contribution in [0, 0.1) is 0 Å². The van der Waals surface area contributed by atoms with Gasteiger partial charge in [-0.15, -0.1) is 11.3 Å². The van der Waals surface area contributed by atoms with Crippen LogP contribution in [0.4, 0.5) is 0 Å². The van der Waals surface area contributed by atoms with E-state index in [4.69, 9.17) is 16.3 Å². The van der Waals surface area contributed by atoms with Gasteiger partial charge in [0.1, 0.15) is 4.21 Å². The van der Waals surface area contributed by atoms with E-state index in [2.05, 4.69) is 0 Å². The molecule has 96 valence electrons. The normalized spacial score (nSPS) is 27.2. The number of hydrogen-bond donors (Lipinski definition) is 0. The lowest BCUT2D eigenvalue weighted by molar-refractivity contribution is -0.0231. The van der Waals surface area contributed by atoms with E-state index >= 15 is 0 Å². The number of rotatable bonds is 2. The zero-order valence-electron chi connectivity index (χ0n) is 9.59. The molecule has 17 heavy (non-hydrogen) atoms. The van der Waals surface area contributed by atoms with Crippen molar-refractivity contribution in [2.75, 3.05) is 13.2 Å². The molecular weight excluding hydrogens is 282 g/mol. The molecule has 0 amide bonds. The number of sulfonamides is 1. The first-order valence-corrected chi connectivity index (χ1v) is 7.95. The van der Waals surface area contributed by atoms with E-state index in [0.29, 0.717) is 21.7 Å². The summed E-state index contributed by atoms with van der Waals surface area (Å²) in [6.45, 7) is 4.57. The summed E-state index contributed by atoms with van der Waals surface area (Å²) in [5, 5.41) is 0. The molecule has 0 aliphatic carbocycles. The number of halogens is 1. The zero-order valence-corrected chi connectivity index (χ0v) is 12.0. The van der Waals surface area contributed by atoms with Gasteiger partial charge in [0.15, 0.2) is 0 Å². The van der Waals surface area contributed by atoms with Crippen LogP contribution >= 0.6 is 22.9 Å². The van der Waals surface area contributed by atoms with Crippen LogP contribution in [-0.4, -0.2) is 38.0 Å². The number of nitrogens with zero attached hydrogens (tertiary/aromatic N) is 1. The lowest BCUT2D eigenvalue weighted by Crippen LogP contribution is -2.50. The molecule has 7 heteroatoms. The Labute approximate surface area is 110 Å². The molecule has 0 spiro atoms. The largest absolute Gasteiger partial charge is 0.375 e. The average molecular weight is 296 g/mol. The van der Waals surface area contributed by atoms with Gasteiger partial charge in [-0.1, -0.05) is 11.6 Å². The summed E-state index contributed by atoms with van der Waals surface area (Å²) in [7, 11) is -3.44. The van der Waals surface area contributed by atoms with Crippen molar-refractivity contribution in [3.63, 3.8) is 0 Å². The monoisotopic (exact) mass is 295 g/mol. The highest BCUT2D eigenvalue weighted by atomic mass is 35.5. The Hall–Kier alpha value is -0.140. The van der Waals surface area contributed by atoms with Crippen LogP contribution in [0.5, 0.6) is 0 Å². The number of ether oxygens (including phenoxy) is 1. The van der Waals surface area contributed by atoms with Crippen molar-refractivity contribution < 1.29 is 13.2 Å². The number of morpholine rings is 1. The summed E-state index contributed by atoms with van der Waals surface area (Å²) < 4.78 is 32.5. The summed E-state index contributed by atoms with van der Waals surface area (Å²) in [6, 6.07) is 3.00. The number of hydrogen-bond acceptors (Lipinski definition) is 4. The molecule has 1 aliphatic rings. The van der Waals surface area contributed by atoms with Crippen LogP contribution in [0.15, 0.2) is 16.3 Å². The van der Waals surface area contributed by atoms with Crippen LogP contribution < -0.4 is 0 Å². The van der Waals surface area contributed by atoms with Gasteiger partial charge in [0.2, 0.25) is 0 Å². The molecule has 0 bridgehead atoms. The van der Waals surface area contributed by atoms with Crippen LogP contribution in [-0.2, 0) is 14.8 Å². The third-order valence-corrected chi connectivity index (χ3v) is 6.62. The Morgan fingerprint density at radius 1 is 1.47 bits per heavy atom. The van der Waals surface area contributed by atoms with Gasteiger partial charge in [-0.05, 0) is 26.0 Å². The van der Waals surface area contributed by atoms with Gasteiger partial charge in [-0.2, -0.15) is 4.31 Å². The minimum absolute atomic E-state index is 0.0889. The summed E-state index contributed by atoms with van der Waals surface area (Å²) in [4.78, 5) is 0. The third kappa shape index (κ3) is 2.51.